The minimum absolute atomic E-state index is 0.0244. The lowest BCUT2D eigenvalue weighted by molar-refractivity contribution is 0.180. The molecule has 1 N–H and O–H groups in total. The van der Waals surface area contributed by atoms with Crippen LogP contribution in [-0.4, -0.2) is 17.0 Å². The van der Waals surface area contributed by atoms with E-state index in [1.54, 1.807) is 0 Å². The van der Waals surface area contributed by atoms with Crippen LogP contribution in [0.1, 0.15) is 30.9 Å². The van der Waals surface area contributed by atoms with Gasteiger partial charge in [0.05, 0.1) is 0 Å². The Morgan fingerprint density at radius 1 is 1.25 bits per heavy atom. The van der Waals surface area contributed by atoms with Gasteiger partial charge in [-0.3, -0.25) is 0 Å². The first kappa shape index (κ1) is 17.0. The summed E-state index contributed by atoms with van der Waals surface area (Å²) in [6, 6.07) is 16.3. The molecule has 1 atom stereocenters. The number of rotatable bonds is 5. The van der Waals surface area contributed by atoms with Gasteiger partial charge in [-0.25, -0.2) is 4.79 Å². The van der Waals surface area contributed by atoms with Crippen molar-refractivity contribution in [2.75, 3.05) is 5.32 Å². The molecule has 1 aliphatic rings. The molecule has 0 radical (unpaired) electrons. The minimum Gasteiger partial charge on any atom is -0.317 e. The first-order valence-electron chi connectivity index (χ1n) is 8.42. The Morgan fingerprint density at radius 2 is 1.96 bits per heavy atom. The number of anilines is 1. The Morgan fingerprint density at radius 3 is 2.58 bits per heavy atom. The van der Waals surface area contributed by atoms with E-state index in [-0.39, 0.29) is 12.1 Å². The van der Waals surface area contributed by atoms with Crippen LogP contribution in [0.4, 0.5) is 10.5 Å². The van der Waals surface area contributed by atoms with Crippen LogP contribution in [0.3, 0.4) is 0 Å². The fraction of sp³-hybridized carbons (Fsp3) is 0.350. The second kappa shape index (κ2) is 7.39. The smallest absolute Gasteiger partial charge is 0.317 e. The normalized spacial score (nSPS) is 15.0. The number of amides is 2. The molecular formula is C20H23BrN2O. The highest BCUT2D eigenvalue weighted by molar-refractivity contribution is 9.10. The Labute approximate surface area is 152 Å². The molecule has 0 bridgehead atoms. The molecule has 2 amide bonds. The third kappa shape index (κ3) is 4.18. The Bertz CT molecular complexity index is 713. The van der Waals surface area contributed by atoms with Crippen molar-refractivity contribution in [1.82, 2.24) is 4.90 Å². The van der Waals surface area contributed by atoms with Gasteiger partial charge in [0, 0.05) is 22.7 Å². The van der Waals surface area contributed by atoms with Crippen LogP contribution in [0.15, 0.2) is 53.0 Å². The van der Waals surface area contributed by atoms with Gasteiger partial charge in [-0.1, -0.05) is 46.3 Å². The number of carbonyl (C=O) groups is 1. The fourth-order valence-electron chi connectivity index (χ4n) is 2.97. The Kier molecular flexibility index (Phi) is 5.24. The molecule has 2 aromatic carbocycles. The van der Waals surface area contributed by atoms with E-state index in [2.05, 4.69) is 40.3 Å². The molecule has 126 valence electrons. The van der Waals surface area contributed by atoms with Crippen LogP contribution in [0, 0.1) is 12.8 Å². The minimum atomic E-state index is -0.0244. The highest BCUT2D eigenvalue weighted by atomic mass is 79.9. The van der Waals surface area contributed by atoms with Gasteiger partial charge >= 0.3 is 6.03 Å². The van der Waals surface area contributed by atoms with E-state index in [1.807, 2.05) is 48.2 Å². The summed E-state index contributed by atoms with van der Waals surface area (Å²) in [5.41, 5.74) is 3.08. The summed E-state index contributed by atoms with van der Waals surface area (Å²) < 4.78 is 1.02. The quantitative estimate of drug-likeness (QED) is 0.713. The van der Waals surface area contributed by atoms with E-state index in [4.69, 9.17) is 0 Å². The van der Waals surface area contributed by atoms with Gasteiger partial charge in [0.15, 0.2) is 0 Å². The predicted octanol–water partition coefficient (Wildman–Crippen LogP) is 5.59. The molecule has 3 nitrogen and oxygen atoms in total. The maximum Gasteiger partial charge on any atom is 0.322 e. The maximum atomic E-state index is 12.9. The number of aryl methyl sites for hydroxylation is 1. The SMILES string of the molecule is Cc1cc(Br)ccc1NC(=O)N(Cc1ccccc1)C(C)C1CC1. The molecule has 3 rings (SSSR count). The van der Waals surface area contributed by atoms with Crippen LogP contribution in [0.25, 0.3) is 0 Å². The summed E-state index contributed by atoms with van der Waals surface area (Å²) in [4.78, 5) is 14.9. The largest absolute Gasteiger partial charge is 0.322 e. The zero-order valence-corrected chi connectivity index (χ0v) is 15.7. The Balaban J connectivity index is 1.77. The van der Waals surface area contributed by atoms with E-state index in [0.717, 1.165) is 21.3 Å². The van der Waals surface area contributed by atoms with E-state index in [1.165, 1.54) is 12.8 Å². The lowest BCUT2D eigenvalue weighted by Crippen LogP contribution is -2.42. The van der Waals surface area contributed by atoms with Crippen LogP contribution in [-0.2, 0) is 6.54 Å². The molecule has 0 saturated heterocycles. The van der Waals surface area contributed by atoms with Crippen molar-refractivity contribution in [3.8, 4) is 0 Å². The number of urea groups is 1. The molecule has 24 heavy (non-hydrogen) atoms. The number of halogens is 1. The van der Waals surface area contributed by atoms with Gasteiger partial charge in [0.25, 0.3) is 0 Å². The van der Waals surface area contributed by atoms with Crippen LogP contribution in [0.2, 0.25) is 0 Å². The number of nitrogens with zero attached hydrogens (tertiary/aromatic N) is 1. The number of carbonyl (C=O) groups excluding carboxylic acids is 1. The number of hydrogen-bond donors (Lipinski definition) is 1. The lowest BCUT2D eigenvalue weighted by atomic mass is 10.1. The second-order valence-electron chi connectivity index (χ2n) is 6.58. The zero-order chi connectivity index (χ0) is 17.1. The summed E-state index contributed by atoms with van der Waals surface area (Å²) in [7, 11) is 0. The molecule has 0 heterocycles. The van der Waals surface area contributed by atoms with Gasteiger partial charge in [0.2, 0.25) is 0 Å². The standard InChI is InChI=1S/C20H23BrN2O/c1-14-12-18(21)10-11-19(14)22-20(24)23(15(2)17-8-9-17)13-16-6-4-3-5-7-16/h3-7,10-12,15,17H,8-9,13H2,1-2H3,(H,22,24). The average molecular weight is 387 g/mol. The summed E-state index contributed by atoms with van der Waals surface area (Å²) in [5, 5.41) is 3.09. The van der Waals surface area contributed by atoms with Crippen molar-refractivity contribution in [3.63, 3.8) is 0 Å². The molecule has 1 aliphatic carbocycles. The Hall–Kier alpha value is -1.81. The van der Waals surface area contributed by atoms with Crippen LogP contribution >= 0.6 is 15.9 Å². The van der Waals surface area contributed by atoms with Crippen LogP contribution < -0.4 is 5.32 Å². The highest BCUT2D eigenvalue weighted by Crippen LogP contribution is 2.36. The van der Waals surface area contributed by atoms with Crippen molar-refractivity contribution < 1.29 is 4.79 Å². The molecule has 4 heteroatoms. The maximum absolute atomic E-state index is 12.9. The summed E-state index contributed by atoms with van der Waals surface area (Å²) in [6.07, 6.45) is 2.44. The average Bonchev–Trinajstić information content (AvgIpc) is 3.40. The monoisotopic (exact) mass is 386 g/mol. The van der Waals surface area contributed by atoms with E-state index in [0.29, 0.717) is 12.5 Å². The molecule has 2 aromatic rings. The number of hydrogen-bond acceptors (Lipinski definition) is 1. The van der Waals surface area contributed by atoms with Crippen molar-refractivity contribution in [2.45, 2.75) is 39.3 Å². The molecular weight excluding hydrogens is 364 g/mol. The van der Waals surface area contributed by atoms with Gasteiger partial charge in [-0.15, -0.1) is 0 Å². The lowest BCUT2D eigenvalue weighted by Gasteiger charge is -2.30. The molecule has 0 spiro atoms. The third-order valence-electron chi connectivity index (χ3n) is 4.68. The topological polar surface area (TPSA) is 32.3 Å². The van der Waals surface area contributed by atoms with E-state index < -0.39 is 0 Å². The number of benzene rings is 2. The molecule has 1 saturated carbocycles. The fourth-order valence-corrected chi connectivity index (χ4v) is 3.44. The summed E-state index contributed by atoms with van der Waals surface area (Å²) >= 11 is 3.46. The first-order chi connectivity index (χ1) is 11.5. The highest BCUT2D eigenvalue weighted by Gasteiger charge is 2.34. The van der Waals surface area contributed by atoms with Gasteiger partial charge < -0.3 is 10.2 Å². The predicted molar refractivity (Wildman–Crippen MR) is 102 cm³/mol. The molecule has 1 fully saturated rings. The van der Waals surface area contributed by atoms with Crippen molar-refractivity contribution in [1.29, 1.82) is 0 Å². The van der Waals surface area contributed by atoms with Crippen molar-refractivity contribution in [2.24, 2.45) is 5.92 Å². The molecule has 1 unspecified atom stereocenters. The van der Waals surface area contributed by atoms with Crippen LogP contribution in [0.5, 0.6) is 0 Å². The van der Waals surface area contributed by atoms with E-state index >= 15 is 0 Å². The molecule has 0 aromatic heterocycles. The van der Waals surface area contributed by atoms with Gasteiger partial charge in [0.1, 0.15) is 0 Å². The van der Waals surface area contributed by atoms with E-state index in [9.17, 15) is 4.79 Å². The van der Waals surface area contributed by atoms with Crippen molar-refractivity contribution >= 4 is 27.6 Å². The van der Waals surface area contributed by atoms with Gasteiger partial charge in [-0.05, 0) is 61.9 Å². The third-order valence-corrected chi connectivity index (χ3v) is 5.18. The molecule has 0 aliphatic heterocycles. The second-order valence-corrected chi connectivity index (χ2v) is 7.50. The van der Waals surface area contributed by atoms with Gasteiger partial charge in [-0.2, -0.15) is 0 Å². The first-order valence-corrected chi connectivity index (χ1v) is 9.21. The zero-order valence-electron chi connectivity index (χ0n) is 14.1. The summed E-state index contributed by atoms with van der Waals surface area (Å²) in [6.45, 7) is 4.81. The van der Waals surface area contributed by atoms with Crippen molar-refractivity contribution in [3.05, 3.63) is 64.1 Å². The summed E-state index contributed by atoms with van der Waals surface area (Å²) in [5.74, 6) is 0.630. The number of nitrogens with one attached hydrogen (secondary N) is 1.